The van der Waals surface area contributed by atoms with Crippen LogP contribution in [0.2, 0.25) is 0 Å². The molecule has 1 atom stereocenters. The minimum atomic E-state index is -0.253. The van der Waals surface area contributed by atoms with E-state index in [0.717, 1.165) is 19.4 Å². The Morgan fingerprint density at radius 1 is 1.37 bits per heavy atom. The van der Waals surface area contributed by atoms with Crippen LogP contribution in [-0.2, 0) is 9.59 Å². The van der Waals surface area contributed by atoms with Gasteiger partial charge in [0, 0.05) is 19.1 Å². The molecule has 0 aromatic carbocycles. The lowest BCUT2D eigenvalue weighted by Gasteiger charge is -2.35. The fourth-order valence-corrected chi connectivity index (χ4v) is 2.97. The van der Waals surface area contributed by atoms with Gasteiger partial charge in [-0.05, 0) is 18.8 Å². The highest BCUT2D eigenvalue weighted by atomic mass is 16.2. The van der Waals surface area contributed by atoms with Gasteiger partial charge in [0.25, 0.3) is 0 Å². The summed E-state index contributed by atoms with van der Waals surface area (Å²) in [7, 11) is 0. The molecule has 1 aliphatic carbocycles. The van der Waals surface area contributed by atoms with Crippen molar-refractivity contribution in [3.8, 4) is 0 Å². The van der Waals surface area contributed by atoms with Gasteiger partial charge in [-0.15, -0.1) is 0 Å². The largest absolute Gasteiger partial charge is 0.353 e. The van der Waals surface area contributed by atoms with Crippen LogP contribution in [0.1, 0.15) is 39.5 Å². The van der Waals surface area contributed by atoms with Gasteiger partial charge in [0.2, 0.25) is 11.8 Å². The summed E-state index contributed by atoms with van der Waals surface area (Å²) in [5.41, 5.74) is 0. The van der Waals surface area contributed by atoms with Gasteiger partial charge < -0.3 is 10.2 Å². The summed E-state index contributed by atoms with van der Waals surface area (Å²) >= 11 is 0. The number of hydrogen-bond donors (Lipinski definition) is 2. The quantitative estimate of drug-likeness (QED) is 0.780. The Bertz CT molecular complexity index is 328. The van der Waals surface area contributed by atoms with E-state index in [-0.39, 0.29) is 24.4 Å². The van der Waals surface area contributed by atoms with Crippen molar-refractivity contribution < 1.29 is 9.59 Å². The Balaban J connectivity index is 1.99. The minimum absolute atomic E-state index is 0.0275. The zero-order valence-electron chi connectivity index (χ0n) is 11.9. The average molecular weight is 267 g/mol. The van der Waals surface area contributed by atoms with E-state index in [4.69, 9.17) is 0 Å². The molecule has 1 unspecified atom stereocenters. The van der Waals surface area contributed by atoms with Crippen LogP contribution in [0.5, 0.6) is 0 Å². The maximum absolute atomic E-state index is 12.6. The van der Waals surface area contributed by atoms with Crippen molar-refractivity contribution in [2.45, 2.75) is 51.6 Å². The molecule has 2 rings (SSSR count). The molecule has 0 aromatic rings. The van der Waals surface area contributed by atoms with Crippen LogP contribution in [0.4, 0.5) is 0 Å². The molecule has 1 saturated carbocycles. The van der Waals surface area contributed by atoms with Gasteiger partial charge in [-0.1, -0.05) is 26.7 Å². The Kier molecular flexibility index (Phi) is 4.80. The minimum Gasteiger partial charge on any atom is -0.353 e. The number of nitrogens with zero attached hydrogens (tertiary/aromatic N) is 1. The Labute approximate surface area is 115 Å². The highest BCUT2D eigenvalue weighted by molar-refractivity contribution is 5.87. The predicted octanol–water partition coefficient (Wildman–Crippen LogP) is 0.502. The maximum atomic E-state index is 12.6. The first-order valence-corrected chi connectivity index (χ1v) is 7.38. The summed E-state index contributed by atoms with van der Waals surface area (Å²) < 4.78 is 0. The fourth-order valence-electron chi connectivity index (χ4n) is 2.97. The summed E-state index contributed by atoms with van der Waals surface area (Å²) in [5.74, 6) is 0.601. The molecule has 5 nitrogen and oxygen atoms in total. The van der Waals surface area contributed by atoms with Crippen LogP contribution >= 0.6 is 0 Å². The van der Waals surface area contributed by atoms with Crippen molar-refractivity contribution in [3.05, 3.63) is 0 Å². The third-order valence-electron chi connectivity index (χ3n) is 3.92. The highest BCUT2D eigenvalue weighted by Gasteiger charge is 2.33. The van der Waals surface area contributed by atoms with E-state index in [1.165, 1.54) is 12.8 Å². The zero-order valence-corrected chi connectivity index (χ0v) is 11.9. The monoisotopic (exact) mass is 267 g/mol. The molecule has 0 bridgehead atoms. The number of nitrogens with one attached hydrogen (secondary N) is 2. The second-order valence-corrected chi connectivity index (χ2v) is 6.06. The van der Waals surface area contributed by atoms with Crippen molar-refractivity contribution in [2.24, 2.45) is 5.92 Å². The normalized spacial score (nSPS) is 24.6. The standard InChI is InChI=1S/C14H25N3O2/c1-10(2)9-17(11-5-3-4-6-11)14(19)12-7-16-13(18)8-15-12/h10-12,15H,3-9H2,1-2H3,(H,16,18). The van der Waals surface area contributed by atoms with E-state index in [2.05, 4.69) is 24.5 Å². The summed E-state index contributed by atoms with van der Waals surface area (Å²) in [6.45, 7) is 5.77. The van der Waals surface area contributed by atoms with Crippen molar-refractivity contribution in [2.75, 3.05) is 19.6 Å². The molecule has 2 amide bonds. The molecule has 5 heteroatoms. The zero-order chi connectivity index (χ0) is 13.8. The third kappa shape index (κ3) is 3.69. The number of rotatable bonds is 4. The maximum Gasteiger partial charge on any atom is 0.241 e. The Morgan fingerprint density at radius 2 is 2.05 bits per heavy atom. The third-order valence-corrected chi connectivity index (χ3v) is 3.92. The van der Waals surface area contributed by atoms with Gasteiger partial charge in [0.05, 0.1) is 6.54 Å². The molecular weight excluding hydrogens is 242 g/mol. The van der Waals surface area contributed by atoms with E-state index in [0.29, 0.717) is 18.5 Å². The smallest absolute Gasteiger partial charge is 0.241 e. The van der Waals surface area contributed by atoms with Crippen molar-refractivity contribution >= 4 is 11.8 Å². The Hall–Kier alpha value is -1.10. The van der Waals surface area contributed by atoms with Gasteiger partial charge in [0.15, 0.2) is 0 Å². The second kappa shape index (κ2) is 6.37. The molecule has 2 aliphatic rings. The number of carbonyl (C=O) groups is 2. The van der Waals surface area contributed by atoms with Gasteiger partial charge in [-0.3, -0.25) is 14.9 Å². The van der Waals surface area contributed by atoms with Gasteiger partial charge >= 0.3 is 0 Å². The lowest BCUT2D eigenvalue weighted by atomic mass is 10.1. The fraction of sp³-hybridized carbons (Fsp3) is 0.857. The van der Waals surface area contributed by atoms with Crippen LogP contribution in [0.25, 0.3) is 0 Å². The first-order chi connectivity index (χ1) is 9.08. The molecule has 1 heterocycles. The summed E-state index contributed by atoms with van der Waals surface area (Å²) in [4.78, 5) is 25.8. The first-order valence-electron chi connectivity index (χ1n) is 7.38. The van der Waals surface area contributed by atoms with Gasteiger partial charge in [0.1, 0.15) is 6.04 Å². The van der Waals surface area contributed by atoms with Crippen LogP contribution in [0.3, 0.4) is 0 Å². The lowest BCUT2D eigenvalue weighted by molar-refractivity contribution is -0.137. The predicted molar refractivity (Wildman–Crippen MR) is 73.6 cm³/mol. The van der Waals surface area contributed by atoms with Crippen LogP contribution in [-0.4, -0.2) is 48.4 Å². The summed E-state index contributed by atoms with van der Waals surface area (Å²) in [6.07, 6.45) is 4.69. The molecule has 19 heavy (non-hydrogen) atoms. The molecule has 0 aromatic heterocycles. The molecule has 2 N–H and O–H groups in total. The van der Waals surface area contributed by atoms with E-state index in [1.807, 2.05) is 4.90 Å². The van der Waals surface area contributed by atoms with Crippen molar-refractivity contribution in [1.82, 2.24) is 15.5 Å². The molecule has 1 aliphatic heterocycles. The van der Waals surface area contributed by atoms with E-state index < -0.39 is 0 Å². The average Bonchev–Trinajstić information content (AvgIpc) is 2.89. The summed E-state index contributed by atoms with van der Waals surface area (Å²) in [6, 6.07) is 0.145. The molecule has 0 spiro atoms. The first kappa shape index (κ1) is 14.3. The van der Waals surface area contributed by atoms with Gasteiger partial charge in [-0.25, -0.2) is 0 Å². The molecule has 0 radical (unpaired) electrons. The van der Waals surface area contributed by atoms with Crippen LogP contribution in [0, 0.1) is 5.92 Å². The van der Waals surface area contributed by atoms with Crippen LogP contribution in [0.15, 0.2) is 0 Å². The molecule has 108 valence electrons. The van der Waals surface area contributed by atoms with E-state index in [1.54, 1.807) is 0 Å². The second-order valence-electron chi connectivity index (χ2n) is 6.06. The van der Waals surface area contributed by atoms with Crippen LogP contribution < -0.4 is 10.6 Å². The number of hydrogen-bond acceptors (Lipinski definition) is 3. The SMILES string of the molecule is CC(C)CN(C(=O)C1CNC(=O)CN1)C1CCCC1. The van der Waals surface area contributed by atoms with Gasteiger partial charge in [-0.2, -0.15) is 0 Å². The lowest BCUT2D eigenvalue weighted by Crippen LogP contribution is -2.60. The van der Waals surface area contributed by atoms with Crippen molar-refractivity contribution in [1.29, 1.82) is 0 Å². The number of amides is 2. The molecule has 2 fully saturated rings. The molecular formula is C14H25N3O2. The highest BCUT2D eigenvalue weighted by Crippen LogP contribution is 2.25. The summed E-state index contributed by atoms with van der Waals surface area (Å²) in [5, 5.41) is 5.81. The van der Waals surface area contributed by atoms with Crippen molar-refractivity contribution in [3.63, 3.8) is 0 Å². The number of piperazine rings is 1. The topological polar surface area (TPSA) is 61.4 Å². The Morgan fingerprint density at radius 3 is 2.58 bits per heavy atom. The van der Waals surface area contributed by atoms with E-state index in [9.17, 15) is 9.59 Å². The van der Waals surface area contributed by atoms with E-state index >= 15 is 0 Å². The molecule has 1 saturated heterocycles. The number of carbonyl (C=O) groups excluding carboxylic acids is 2.